The van der Waals surface area contributed by atoms with Crippen LogP contribution in [0.15, 0.2) is 26.9 Å². The van der Waals surface area contributed by atoms with Gasteiger partial charge in [-0.3, -0.25) is 14.3 Å². The third-order valence-electron chi connectivity index (χ3n) is 4.22. The number of unbranched alkanes of at least 4 members (excludes halogenated alkanes) is 5. The fourth-order valence-corrected chi connectivity index (χ4v) is 3.75. The van der Waals surface area contributed by atoms with Gasteiger partial charge in [0, 0.05) is 19.3 Å². The molecule has 7 heteroatoms. The van der Waals surface area contributed by atoms with Crippen molar-refractivity contribution in [3.05, 3.63) is 33.0 Å². The number of allylic oxidation sites excluding steroid dienone is 2. The Morgan fingerprint density at radius 1 is 1.16 bits per heavy atom. The molecule has 0 aliphatic rings. The van der Waals surface area contributed by atoms with E-state index in [0.717, 1.165) is 17.3 Å². The summed E-state index contributed by atoms with van der Waals surface area (Å²) in [5.41, 5.74) is 0.108. The summed E-state index contributed by atoms with van der Waals surface area (Å²) in [7, 11) is 1.63. The number of aryl methyl sites for hydroxylation is 1. The van der Waals surface area contributed by atoms with Gasteiger partial charge in [-0.1, -0.05) is 62.9 Å². The standard InChI is InChI=1S/C18H28N4O2S/c1-4-6-8-9-10-11-13-25-18-19-15-14(22(18)12-7-5-2)16(23)20-17(24)21(15)3/h5,7H,4,6,8-13H2,1-3H3,(H,20,23,24). The topological polar surface area (TPSA) is 72.7 Å². The normalized spacial score (nSPS) is 11.8. The van der Waals surface area contributed by atoms with Crippen LogP contribution >= 0.6 is 11.8 Å². The summed E-state index contributed by atoms with van der Waals surface area (Å²) in [5.74, 6) is 0.969. The summed E-state index contributed by atoms with van der Waals surface area (Å²) in [6, 6.07) is 0. The molecule has 0 amide bonds. The maximum absolute atomic E-state index is 12.3. The Bertz CT molecular complexity index is 832. The molecule has 0 radical (unpaired) electrons. The average Bonchev–Trinajstić information content (AvgIpc) is 2.96. The molecule has 2 rings (SSSR count). The lowest BCUT2D eigenvalue weighted by Crippen LogP contribution is -2.29. The van der Waals surface area contributed by atoms with Crippen LogP contribution in [0.1, 0.15) is 52.4 Å². The third-order valence-corrected chi connectivity index (χ3v) is 5.29. The minimum atomic E-state index is -0.430. The molecule has 0 fully saturated rings. The Morgan fingerprint density at radius 2 is 1.88 bits per heavy atom. The number of hydrogen-bond donors (Lipinski definition) is 1. The van der Waals surface area contributed by atoms with Crippen LogP contribution in [0.4, 0.5) is 0 Å². The van der Waals surface area contributed by atoms with Crippen LogP contribution in [0.5, 0.6) is 0 Å². The molecular weight excluding hydrogens is 336 g/mol. The zero-order valence-corrected chi connectivity index (χ0v) is 16.2. The van der Waals surface area contributed by atoms with Crippen LogP contribution in [0.2, 0.25) is 0 Å². The monoisotopic (exact) mass is 364 g/mol. The molecule has 0 atom stereocenters. The molecule has 0 aliphatic heterocycles. The van der Waals surface area contributed by atoms with Gasteiger partial charge in [0.2, 0.25) is 0 Å². The summed E-state index contributed by atoms with van der Waals surface area (Å²) in [6.45, 7) is 4.75. The Hall–Kier alpha value is -1.76. The van der Waals surface area contributed by atoms with Crippen molar-refractivity contribution in [2.24, 2.45) is 7.05 Å². The van der Waals surface area contributed by atoms with E-state index in [0.29, 0.717) is 17.7 Å². The highest BCUT2D eigenvalue weighted by Crippen LogP contribution is 2.23. The van der Waals surface area contributed by atoms with Crippen LogP contribution in [0, 0.1) is 0 Å². The number of H-pyrrole nitrogens is 1. The Morgan fingerprint density at radius 3 is 2.60 bits per heavy atom. The first-order valence-electron chi connectivity index (χ1n) is 9.03. The fourth-order valence-electron chi connectivity index (χ4n) is 2.75. The summed E-state index contributed by atoms with van der Waals surface area (Å²) >= 11 is 1.66. The summed E-state index contributed by atoms with van der Waals surface area (Å²) < 4.78 is 3.30. The van der Waals surface area contributed by atoms with E-state index in [1.165, 1.54) is 36.7 Å². The van der Waals surface area contributed by atoms with Crippen molar-refractivity contribution in [3.8, 4) is 0 Å². The highest BCUT2D eigenvalue weighted by Gasteiger charge is 2.16. The average molecular weight is 365 g/mol. The van der Waals surface area contributed by atoms with E-state index in [9.17, 15) is 9.59 Å². The largest absolute Gasteiger partial charge is 0.329 e. The molecule has 0 spiro atoms. The third kappa shape index (κ3) is 4.87. The van der Waals surface area contributed by atoms with E-state index in [-0.39, 0.29) is 5.56 Å². The number of rotatable bonds is 10. The SMILES string of the molecule is CC=CCn1c(SCCCCCCCC)nc2c1c(=O)[nH]c(=O)n2C. The van der Waals surface area contributed by atoms with Gasteiger partial charge >= 0.3 is 5.69 Å². The van der Waals surface area contributed by atoms with Crippen molar-refractivity contribution in [1.29, 1.82) is 0 Å². The number of aromatic nitrogens is 4. The minimum Gasteiger partial charge on any atom is -0.309 e. The van der Waals surface area contributed by atoms with E-state index in [1.54, 1.807) is 18.8 Å². The number of nitrogens with zero attached hydrogens (tertiary/aromatic N) is 3. The lowest BCUT2D eigenvalue weighted by Gasteiger charge is -2.05. The Balaban J connectivity index is 2.18. The lowest BCUT2D eigenvalue weighted by atomic mass is 10.1. The van der Waals surface area contributed by atoms with Gasteiger partial charge in [0.1, 0.15) is 0 Å². The molecule has 2 aromatic rings. The molecule has 25 heavy (non-hydrogen) atoms. The van der Waals surface area contributed by atoms with Gasteiger partial charge in [-0.15, -0.1) is 0 Å². The first kappa shape index (κ1) is 19.6. The van der Waals surface area contributed by atoms with Crippen molar-refractivity contribution >= 4 is 22.9 Å². The molecular formula is C18H28N4O2S. The second-order valence-electron chi connectivity index (χ2n) is 6.18. The highest BCUT2D eigenvalue weighted by atomic mass is 32.2. The quantitative estimate of drug-likeness (QED) is 0.398. The molecule has 0 bridgehead atoms. The fraction of sp³-hybridized carbons (Fsp3) is 0.611. The molecule has 6 nitrogen and oxygen atoms in total. The van der Waals surface area contributed by atoms with Crippen molar-refractivity contribution in [1.82, 2.24) is 19.1 Å². The zero-order chi connectivity index (χ0) is 18.2. The van der Waals surface area contributed by atoms with Gasteiger partial charge in [-0.25, -0.2) is 9.78 Å². The van der Waals surface area contributed by atoms with Gasteiger partial charge in [-0.2, -0.15) is 0 Å². The zero-order valence-electron chi connectivity index (χ0n) is 15.4. The van der Waals surface area contributed by atoms with E-state index < -0.39 is 5.69 Å². The lowest BCUT2D eigenvalue weighted by molar-refractivity contribution is 0.626. The van der Waals surface area contributed by atoms with Gasteiger partial charge in [0.15, 0.2) is 16.3 Å². The number of nitrogens with one attached hydrogen (secondary N) is 1. The minimum absolute atomic E-state index is 0.374. The van der Waals surface area contributed by atoms with Crippen LogP contribution in [0.3, 0.4) is 0 Å². The van der Waals surface area contributed by atoms with Crippen molar-refractivity contribution in [2.75, 3.05) is 5.75 Å². The van der Waals surface area contributed by atoms with Crippen LogP contribution < -0.4 is 11.2 Å². The first-order valence-corrected chi connectivity index (χ1v) is 10.0. The first-order chi connectivity index (χ1) is 12.1. The molecule has 0 unspecified atom stereocenters. The van der Waals surface area contributed by atoms with Gasteiger partial charge in [-0.05, 0) is 13.3 Å². The van der Waals surface area contributed by atoms with Crippen LogP contribution in [-0.4, -0.2) is 24.9 Å². The van der Waals surface area contributed by atoms with Gasteiger partial charge < -0.3 is 4.57 Å². The van der Waals surface area contributed by atoms with Crippen molar-refractivity contribution in [2.45, 2.75) is 64.1 Å². The molecule has 0 aliphatic carbocycles. The summed E-state index contributed by atoms with van der Waals surface area (Å²) in [5, 5.41) is 0.799. The Labute approximate surface area is 152 Å². The number of aromatic amines is 1. The van der Waals surface area contributed by atoms with Gasteiger partial charge in [0.25, 0.3) is 5.56 Å². The number of hydrogen-bond acceptors (Lipinski definition) is 4. The molecule has 0 aromatic carbocycles. The van der Waals surface area contributed by atoms with Gasteiger partial charge in [0.05, 0.1) is 0 Å². The van der Waals surface area contributed by atoms with E-state index >= 15 is 0 Å². The van der Waals surface area contributed by atoms with Crippen molar-refractivity contribution < 1.29 is 0 Å². The summed E-state index contributed by atoms with van der Waals surface area (Å²) in [4.78, 5) is 31.0. The van der Waals surface area contributed by atoms with Crippen LogP contribution in [0.25, 0.3) is 11.2 Å². The van der Waals surface area contributed by atoms with E-state index in [4.69, 9.17) is 0 Å². The molecule has 0 saturated heterocycles. The number of thioether (sulfide) groups is 1. The molecule has 2 aromatic heterocycles. The number of imidazole rings is 1. The summed E-state index contributed by atoms with van der Waals surface area (Å²) in [6.07, 6.45) is 11.4. The smallest absolute Gasteiger partial charge is 0.309 e. The molecule has 2 heterocycles. The second kappa shape index (κ2) is 9.65. The maximum atomic E-state index is 12.3. The second-order valence-corrected chi connectivity index (χ2v) is 7.24. The van der Waals surface area contributed by atoms with E-state index in [1.807, 2.05) is 23.6 Å². The molecule has 1 N–H and O–H groups in total. The predicted molar refractivity (Wildman–Crippen MR) is 105 cm³/mol. The molecule has 0 saturated carbocycles. The predicted octanol–water partition coefficient (Wildman–Crippen LogP) is 3.45. The number of fused-ring (bicyclic) bond motifs is 1. The van der Waals surface area contributed by atoms with Crippen LogP contribution in [-0.2, 0) is 13.6 Å². The maximum Gasteiger partial charge on any atom is 0.329 e. The van der Waals surface area contributed by atoms with E-state index in [2.05, 4.69) is 16.9 Å². The molecule has 138 valence electrons. The highest BCUT2D eigenvalue weighted by molar-refractivity contribution is 7.99. The Kier molecular flexibility index (Phi) is 7.55. The van der Waals surface area contributed by atoms with Crippen molar-refractivity contribution in [3.63, 3.8) is 0 Å².